The predicted molar refractivity (Wildman–Crippen MR) is 132 cm³/mol. The van der Waals surface area contributed by atoms with Crippen molar-refractivity contribution in [1.82, 2.24) is 9.80 Å². The number of amides is 3. The molecule has 1 heterocycles. The average Bonchev–Trinajstić information content (AvgIpc) is 3.23. The summed E-state index contributed by atoms with van der Waals surface area (Å²) in [5.41, 5.74) is 1.08. The molecule has 3 aromatic rings. The molecule has 2 aromatic carbocycles. The molecule has 1 aromatic heterocycles. The minimum atomic E-state index is -4.49. The molecule has 0 fully saturated rings. The topological polar surface area (TPSA) is 52.7 Å². The van der Waals surface area contributed by atoms with Crippen LogP contribution in [0.5, 0.6) is 0 Å². The van der Waals surface area contributed by atoms with E-state index in [1.807, 2.05) is 18.4 Å². The van der Waals surface area contributed by atoms with Crippen molar-refractivity contribution in [1.29, 1.82) is 0 Å². The summed E-state index contributed by atoms with van der Waals surface area (Å²) in [6.45, 7) is 5.83. The molecule has 0 aliphatic heterocycles. The Morgan fingerprint density at radius 2 is 1.67 bits per heavy atom. The molecule has 0 unspecified atom stereocenters. The van der Waals surface area contributed by atoms with E-state index in [1.54, 1.807) is 17.0 Å². The van der Waals surface area contributed by atoms with Crippen LogP contribution in [0.15, 0.2) is 72.6 Å². The largest absolute Gasteiger partial charge is 0.416 e. The number of carbonyl (C=O) groups is 2. The monoisotopic (exact) mass is 519 g/mol. The van der Waals surface area contributed by atoms with Crippen LogP contribution in [0.3, 0.4) is 0 Å². The Morgan fingerprint density at radius 3 is 2.22 bits per heavy atom. The van der Waals surface area contributed by atoms with Gasteiger partial charge in [0, 0.05) is 23.7 Å². The number of urea groups is 1. The molecule has 0 atom stereocenters. The van der Waals surface area contributed by atoms with Gasteiger partial charge in [-0.2, -0.15) is 13.2 Å². The van der Waals surface area contributed by atoms with Gasteiger partial charge in [0.15, 0.2) is 0 Å². The van der Waals surface area contributed by atoms with E-state index in [-0.39, 0.29) is 37.0 Å². The first-order valence-electron chi connectivity index (χ1n) is 11.0. The van der Waals surface area contributed by atoms with E-state index in [2.05, 4.69) is 11.9 Å². The number of nitrogens with zero attached hydrogens (tertiary/aromatic N) is 2. The number of alkyl halides is 3. The molecule has 1 N–H and O–H groups in total. The van der Waals surface area contributed by atoms with E-state index in [1.165, 1.54) is 34.4 Å². The van der Waals surface area contributed by atoms with Gasteiger partial charge >= 0.3 is 12.2 Å². The first kappa shape index (κ1) is 26.9. The van der Waals surface area contributed by atoms with E-state index in [9.17, 15) is 27.2 Å². The van der Waals surface area contributed by atoms with E-state index >= 15 is 0 Å². The molecule has 5 nitrogen and oxygen atoms in total. The summed E-state index contributed by atoms with van der Waals surface area (Å²) in [6.07, 6.45) is -3.04. The van der Waals surface area contributed by atoms with Gasteiger partial charge in [-0.25, -0.2) is 9.18 Å². The van der Waals surface area contributed by atoms with Gasteiger partial charge in [0.2, 0.25) is 5.91 Å². The lowest BCUT2D eigenvalue weighted by Crippen LogP contribution is -2.44. The number of hydrogen-bond donors (Lipinski definition) is 1. The summed E-state index contributed by atoms with van der Waals surface area (Å²) < 4.78 is 51.7. The molecule has 10 heteroatoms. The highest BCUT2D eigenvalue weighted by molar-refractivity contribution is 7.10. The van der Waals surface area contributed by atoms with Gasteiger partial charge in [0.25, 0.3) is 0 Å². The number of benzene rings is 2. The zero-order valence-corrected chi connectivity index (χ0v) is 20.3. The van der Waals surface area contributed by atoms with Crippen LogP contribution in [0.1, 0.15) is 21.6 Å². The van der Waals surface area contributed by atoms with Crippen molar-refractivity contribution < 1.29 is 27.2 Å². The maximum absolute atomic E-state index is 13.4. The summed E-state index contributed by atoms with van der Waals surface area (Å²) in [4.78, 5) is 29.9. The second-order valence-corrected chi connectivity index (χ2v) is 9.08. The number of rotatable bonds is 9. The summed E-state index contributed by atoms with van der Waals surface area (Å²) in [6, 6.07) is 11.1. The number of hydrogen-bond acceptors (Lipinski definition) is 3. The third-order valence-corrected chi connectivity index (χ3v) is 6.38. The fourth-order valence-corrected chi connectivity index (χ4v) is 4.29. The molecule has 0 saturated heterocycles. The zero-order chi connectivity index (χ0) is 26.3. The van der Waals surface area contributed by atoms with Crippen LogP contribution >= 0.6 is 11.3 Å². The number of anilines is 1. The van der Waals surface area contributed by atoms with Crippen molar-refractivity contribution in [2.75, 3.05) is 18.4 Å². The SMILES string of the molecule is C=CCN(CC(=O)N(Cc1ccc(F)cc1)Cc1sccc1C)C(=O)Nc1ccc(C(F)(F)F)cc1. The first-order valence-corrected chi connectivity index (χ1v) is 11.8. The smallest absolute Gasteiger partial charge is 0.332 e. The number of carbonyl (C=O) groups excluding carboxylic acids is 2. The summed E-state index contributed by atoms with van der Waals surface area (Å²) >= 11 is 1.51. The fourth-order valence-electron chi connectivity index (χ4n) is 3.37. The molecule has 0 aliphatic carbocycles. The lowest BCUT2D eigenvalue weighted by Gasteiger charge is -2.27. The molecule has 3 amide bonds. The van der Waals surface area contributed by atoms with Gasteiger partial charge in [0.1, 0.15) is 12.4 Å². The van der Waals surface area contributed by atoms with Crippen LogP contribution in [0.2, 0.25) is 0 Å². The fraction of sp³-hybridized carbons (Fsp3) is 0.231. The Labute approximate surface area is 210 Å². The van der Waals surface area contributed by atoms with Crippen molar-refractivity contribution >= 4 is 29.0 Å². The Hall–Kier alpha value is -3.66. The number of halogens is 4. The van der Waals surface area contributed by atoms with E-state index in [4.69, 9.17) is 0 Å². The van der Waals surface area contributed by atoms with Gasteiger partial charge in [-0.1, -0.05) is 18.2 Å². The van der Waals surface area contributed by atoms with E-state index in [0.717, 1.165) is 40.3 Å². The molecule has 0 spiro atoms. The average molecular weight is 520 g/mol. The van der Waals surface area contributed by atoms with Crippen LogP contribution in [0, 0.1) is 12.7 Å². The molecule has 0 bridgehead atoms. The molecular weight excluding hydrogens is 494 g/mol. The normalized spacial score (nSPS) is 11.1. The third-order valence-electron chi connectivity index (χ3n) is 5.37. The van der Waals surface area contributed by atoms with Gasteiger partial charge in [-0.05, 0) is 65.9 Å². The highest BCUT2D eigenvalue weighted by atomic mass is 32.1. The van der Waals surface area contributed by atoms with Crippen molar-refractivity contribution in [3.63, 3.8) is 0 Å². The van der Waals surface area contributed by atoms with Crippen LogP contribution in [0.25, 0.3) is 0 Å². The Balaban J connectivity index is 1.74. The van der Waals surface area contributed by atoms with Gasteiger partial charge < -0.3 is 15.1 Å². The van der Waals surface area contributed by atoms with Gasteiger partial charge in [-0.3, -0.25) is 4.79 Å². The quantitative estimate of drug-likeness (QED) is 0.261. The molecule has 0 aliphatic rings. The predicted octanol–water partition coefficient (Wildman–Crippen LogP) is 6.46. The number of nitrogens with one attached hydrogen (secondary N) is 1. The van der Waals surface area contributed by atoms with Crippen molar-refractivity contribution in [2.45, 2.75) is 26.2 Å². The summed E-state index contributed by atoms with van der Waals surface area (Å²) in [5.74, 6) is -0.737. The van der Waals surface area contributed by atoms with E-state index in [0.29, 0.717) is 6.54 Å². The minimum Gasteiger partial charge on any atom is -0.332 e. The van der Waals surface area contributed by atoms with Crippen molar-refractivity contribution in [2.24, 2.45) is 0 Å². The number of aryl methyl sites for hydroxylation is 1. The second-order valence-electron chi connectivity index (χ2n) is 8.08. The second kappa shape index (κ2) is 11.9. The Bertz CT molecular complexity index is 1190. The zero-order valence-electron chi connectivity index (χ0n) is 19.5. The lowest BCUT2D eigenvalue weighted by molar-refractivity contribution is -0.137. The first-order chi connectivity index (χ1) is 17.1. The molecular formula is C26H25F4N3O2S. The summed E-state index contributed by atoms with van der Waals surface area (Å²) in [5, 5.41) is 4.45. The molecule has 3 rings (SSSR count). The maximum Gasteiger partial charge on any atom is 0.416 e. The van der Waals surface area contributed by atoms with Gasteiger partial charge in [0.05, 0.1) is 12.1 Å². The molecule has 0 saturated carbocycles. The van der Waals surface area contributed by atoms with Crippen LogP contribution < -0.4 is 5.32 Å². The van der Waals surface area contributed by atoms with Crippen LogP contribution in [-0.4, -0.2) is 34.8 Å². The standard InChI is InChI=1S/C26H25F4N3O2S/c1-3-13-32(25(35)31-22-10-6-20(7-11-22)26(28,29)30)17-24(34)33(16-23-18(2)12-14-36-23)15-19-4-8-21(27)9-5-19/h3-12,14H,1,13,15-17H2,2H3,(H,31,35). The third kappa shape index (κ3) is 7.42. The highest BCUT2D eigenvalue weighted by Crippen LogP contribution is 2.30. The number of thiophene rings is 1. The molecule has 36 heavy (non-hydrogen) atoms. The lowest BCUT2D eigenvalue weighted by atomic mass is 10.2. The summed E-state index contributed by atoms with van der Waals surface area (Å²) in [7, 11) is 0. The highest BCUT2D eigenvalue weighted by Gasteiger charge is 2.30. The van der Waals surface area contributed by atoms with E-state index < -0.39 is 17.8 Å². The Morgan fingerprint density at radius 1 is 1.00 bits per heavy atom. The van der Waals surface area contributed by atoms with Crippen LogP contribution in [-0.2, 0) is 24.1 Å². The molecule has 190 valence electrons. The molecule has 0 radical (unpaired) electrons. The van der Waals surface area contributed by atoms with Gasteiger partial charge in [-0.15, -0.1) is 17.9 Å². The van der Waals surface area contributed by atoms with Crippen molar-refractivity contribution in [3.05, 3.63) is 100 Å². The van der Waals surface area contributed by atoms with Crippen LogP contribution in [0.4, 0.5) is 28.0 Å². The van der Waals surface area contributed by atoms with Crippen molar-refractivity contribution in [3.8, 4) is 0 Å². The maximum atomic E-state index is 13.4. The Kier molecular flexibility index (Phi) is 8.87. The minimum absolute atomic E-state index is 0.0423.